The molecule has 0 bridgehead atoms. The number of carbonyl (C=O) groups is 1. The van der Waals surface area contributed by atoms with Gasteiger partial charge in [-0.1, -0.05) is 24.3 Å². The van der Waals surface area contributed by atoms with Crippen LogP contribution in [-0.2, 0) is 11.2 Å². The van der Waals surface area contributed by atoms with Crippen LogP contribution < -0.4 is 10.6 Å². The van der Waals surface area contributed by atoms with Gasteiger partial charge in [0.25, 0.3) is 0 Å². The van der Waals surface area contributed by atoms with Crippen LogP contribution in [0.5, 0.6) is 0 Å². The fourth-order valence-electron chi connectivity index (χ4n) is 2.67. The van der Waals surface area contributed by atoms with Crippen molar-refractivity contribution in [2.24, 2.45) is 0 Å². The number of aliphatic hydroxyl groups is 1. The molecule has 1 aliphatic carbocycles. The quantitative estimate of drug-likeness (QED) is 0.684. The number of nitrogens with one attached hydrogen (secondary N) is 2. The lowest BCUT2D eigenvalue weighted by molar-refractivity contribution is -0.119. The highest BCUT2D eigenvalue weighted by atomic mass is 16.3. The molecule has 100 valence electrons. The molecule has 1 heterocycles. The van der Waals surface area contributed by atoms with Gasteiger partial charge in [-0.25, -0.2) is 0 Å². The number of amides is 1. The van der Waals surface area contributed by atoms with Gasteiger partial charge in [-0.05, 0) is 23.6 Å². The Bertz CT molecular complexity index is 545. The minimum Gasteiger partial charge on any atom is -0.390 e. The van der Waals surface area contributed by atoms with Crippen LogP contribution in [0.15, 0.2) is 35.4 Å². The van der Waals surface area contributed by atoms with Crippen molar-refractivity contribution in [1.82, 2.24) is 10.6 Å². The van der Waals surface area contributed by atoms with Crippen LogP contribution in [0.2, 0.25) is 0 Å². The van der Waals surface area contributed by atoms with Crippen molar-refractivity contribution in [2.45, 2.75) is 25.5 Å². The number of hydrogen-bond acceptors (Lipinski definition) is 3. The van der Waals surface area contributed by atoms with E-state index in [1.165, 1.54) is 0 Å². The third kappa shape index (κ3) is 2.17. The summed E-state index contributed by atoms with van der Waals surface area (Å²) in [6.07, 6.45) is 0.0804. The Balaban J connectivity index is 1.78. The molecule has 1 aromatic carbocycles. The van der Waals surface area contributed by atoms with Gasteiger partial charge in [0.15, 0.2) is 0 Å². The molecule has 1 aliphatic heterocycles. The van der Waals surface area contributed by atoms with Gasteiger partial charge in [0.05, 0.1) is 12.1 Å². The Kier molecular flexibility index (Phi) is 3.12. The molecule has 0 spiro atoms. The average molecular weight is 258 g/mol. The zero-order chi connectivity index (χ0) is 13.4. The van der Waals surface area contributed by atoms with Crippen molar-refractivity contribution in [2.75, 3.05) is 13.1 Å². The molecular weight excluding hydrogens is 240 g/mol. The smallest absolute Gasteiger partial charge is 0.247 e. The van der Waals surface area contributed by atoms with E-state index >= 15 is 0 Å². The standard InChI is InChI=1S/C15H18N2O2/c1-9(11-7-16-8-11)15(19)17-14-12-5-3-2-4-10(12)6-13(14)18/h2-5,13-14,16,18H,6-8H2,1H3,(H,17,19)/t13-,14+/m1/s1. The number of carbonyl (C=O) groups excluding carboxylic acids is 1. The van der Waals surface area contributed by atoms with Crippen molar-refractivity contribution < 1.29 is 9.90 Å². The Labute approximate surface area is 112 Å². The van der Waals surface area contributed by atoms with Gasteiger partial charge in [-0.3, -0.25) is 4.79 Å². The van der Waals surface area contributed by atoms with Gasteiger partial charge in [0, 0.05) is 25.1 Å². The molecule has 1 saturated heterocycles. The van der Waals surface area contributed by atoms with Crippen molar-refractivity contribution >= 4 is 5.91 Å². The van der Waals surface area contributed by atoms with Crippen molar-refractivity contribution in [3.8, 4) is 0 Å². The van der Waals surface area contributed by atoms with E-state index in [1.54, 1.807) is 0 Å². The Morgan fingerprint density at radius 3 is 2.79 bits per heavy atom. The second-order valence-corrected chi connectivity index (χ2v) is 5.25. The number of hydrogen-bond donors (Lipinski definition) is 3. The van der Waals surface area contributed by atoms with E-state index in [0.29, 0.717) is 6.42 Å². The first kappa shape index (κ1) is 12.4. The third-order valence-corrected chi connectivity index (χ3v) is 4.04. The fraction of sp³-hybridized carbons (Fsp3) is 0.400. The van der Waals surface area contributed by atoms with Gasteiger partial charge >= 0.3 is 0 Å². The summed E-state index contributed by atoms with van der Waals surface area (Å²) in [6.45, 7) is 3.44. The second kappa shape index (κ2) is 4.79. The minimum absolute atomic E-state index is 0.0720. The van der Waals surface area contributed by atoms with E-state index in [9.17, 15) is 9.90 Å². The number of rotatable bonds is 2. The first-order valence-electron chi connectivity index (χ1n) is 6.63. The minimum atomic E-state index is -0.529. The summed E-state index contributed by atoms with van der Waals surface area (Å²) >= 11 is 0. The van der Waals surface area contributed by atoms with Crippen molar-refractivity contribution in [3.63, 3.8) is 0 Å². The monoisotopic (exact) mass is 258 g/mol. The molecule has 2 aliphatic rings. The average Bonchev–Trinajstić information content (AvgIpc) is 2.64. The third-order valence-electron chi connectivity index (χ3n) is 4.04. The summed E-state index contributed by atoms with van der Waals surface area (Å²) in [5.41, 5.74) is 4.08. The molecule has 3 N–H and O–H groups in total. The highest BCUT2D eigenvalue weighted by Crippen LogP contribution is 2.31. The van der Waals surface area contributed by atoms with Crippen LogP contribution in [0, 0.1) is 0 Å². The maximum atomic E-state index is 12.2. The maximum absolute atomic E-state index is 12.2. The Hall–Kier alpha value is -1.65. The van der Waals surface area contributed by atoms with Crippen LogP contribution in [-0.4, -0.2) is 30.2 Å². The highest BCUT2D eigenvalue weighted by Gasteiger charge is 2.32. The predicted molar refractivity (Wildman–Crippen MR) is 72.6 cm³/mol. The number of fused-ring (bicyclic) bond motifs is 1. The fourth-order valence-corrected chi connectivity index (χ4v) is 2.67. The zero-order valence-corrected chi connectivity index (χ0v) is 10.9. The number of aliphatic hydroxyl groups excluding tert-OH is 1. The first-order valence-corrected chi connectivity index (χ1v) is 6.63. The second-order valence-electron chi connectivity index (χ2n) is 5.25. The predicted octanol–water partition coefficient (Wildman–Crippen LogP) is 0.681. The molecule has 1 aromatic rings. The molecule has 1 amide bonds. The summed E-state index contributed by atoms with van der Waals surface area (Å²) in [5, 5.41) is 16.2. The summed E-state index contributed by atoms with van der Waals surface area (Å²) in [4.78, 5) is 12.2. The van der Waals surface area contributed by atoms with Crippen LogP contribution in [0.3, 0.4) is 0 Å². The Morgan fingerprint density at radius 1 is 1.37 bits per heavy atom. The SMILES string of the molecule is CC(C(=O)N[C@H]1c2ccccc2C[C@H]1O)=C1CNC1. The normalized spacial score (nSPS) is 24.6. The molecule has 4 heteroatoms. The van der Waals surface area contributed by atoms with Crippen LogP contribution in [0.4, 0.5) is 0 Å². The molecule has 3 rings (SSSR count). The molecule has 2 atom stereocenters. The molecule has 0 radical (unpaired) electrons. The van der Waals surface area contributed by atoms with Gasteiger partial charge in [-0.2, -0.15) is 0 Å². The first-order chi connectivity index (χ1) is 9.16. The van der Waals surface area contributed by atoms with E-state index in [1.807, 2.05) is 31.2 Å². The molecule has 0 saturated carbocycles. The van der Waals surface area contributed by atoms with E-state index in [0.717, 1.165) is 35.4 Å². The maximum Gasteiger partial charge on any atom is 0.247 e. The highest BCUT2D eigenvalue weighted by molar-refractivity contribution is 5.94. The summed E-state index contributed by atoms with van der Waals surface area (Å²) in [7, 11) is 0. The number of benzene rings is 1. The van der Waals surface area contributed by atoms with Gasteiger partial charge in [-0.15, -0.1) is 0 Å². The van der Waals surface area contributed by atoms with E-state index in [2.05, 4.69) is 10.6 Å². The molecule has 1 fully saturated rings. The molecule has 4 nitrogen and oxygen atoms in total. The Morgan fingerprint density at radius 2 is 2.11 bits per heavy atom. The lowest BCUT2D eigenvalue weighted by Gasteiger charge is -2.23. The van der Waals surface area contributed by atoms with Crippen LogP contribution in [0.1, 0.15) is 24.1 Å². The largest absolute Gasteiger partial charge is 0.390 e. The van der Waals surface area contributed by atoms with Gasteiger partial charge in [0.2, 0.25) is 5.91 Å². The van der Waals surface area contributed by atoms with E-state index in [4.69, 9.17) is 0 Å². The van der Waals surface area contributed by atoms with Crippen LogP contribution in [0.25, 0.3) is 0 Å². The van der Waals surface area contributed by atoms with Crippen LogP contribution >= 0.6 is 0 Å². The summed E-state index contributed by atoms with van der Waals surface area (Å²) in [6, 6.07) is 7.60. The lowest BCUT2D eigenvalue weighted by Crippen LogP contribution is -2.39. The zero-order valence-electron chi connectivity index (χ0n) is 10.9. The van der Waals surface area contributed by atoms with E-state index < -0.39 is 6.10 Å². The van der Waals surface area contributed by atoms with E-state index in [-0.39, 0.29) is 11.9 Å². The molecule has 19 heavy (non-hydrogen) atoms. The topological polar surface area (TPSA) is 61.4 Å². The molecular formula is C15H18N2O2. The van der Waals surface area contributed by atoms with Crippen molar-refractivity contribution in [1.29, 1.82) is 0 Å². The summed E-state index contributed by atoms with van der Waals surface area (Å²) < 4.78 is 0. The summed E-state index contributed by atoms with van der Waals surface area (Å²) in [5.74, 6) is -0.0720. The molecule has 0 unspecified atom stereocenters. The van der Waals surface area contributed by atoms with Crippen molar-refractivity contribution in [3.05, 3.63) is 46.5 Å². The van der Waals surface area contributed by atoms with Gasteiger partial charge < -0.3 is 15.7 Å². The lowest BCUT2D eigenvalue weighted by atomic mass is 10.0. The molecule has 0 aromatic heterocycles. The van der Waals surface area contributed by atoms with Gasteiger partial charge in [0.1, 0.15) is 0 Å².